The van der Waals surface area contributed by atoms with Crippen molar-refractivity contribution in [3.8, 4) is 5.75 Å². The van der Waals surface area contributed by atoms with Gasteiger partial charge in [-0.05, 0) is 54.6 Å². The van der Waals surface area contributed by atoms with Gasteiger partial charge in [-0.25, -0.2) is 0 Å². The fourth-order valence-electron chi connectivity index (χ4n) is 4.52. The Balaban J connectivity index is 1.51. The molecule has 0 aliphatic carbocycles. The van der Waals surface area contributed by atoms with Crippen LogP contribution in [0.4, 0.5) is 0 Å². The highest BCUT2D eigenvalue weighted by Crippen LogP contribution is 2.25. The first-order valence-corrected chi connectivity index (χ1v) is 11.9. The molecule has 1 N–H and O–H groups in total. The summed E-state index contributed by atoms with van der Waals surface area (Å²) < 4.78 is 5.32. The number of benzene rings is 2. The third kappa shape index (κ3) is 5.62. The van der Waals surface area contributed by atoms with E-state index in [4.69, 9.17) is 4.74 Å². The van der Waals surface area contributed by atoms with Crippen LogP contribution < -0.4 is 10.1 Å². The van der Waals surface area contributed by atoms with Crippen LogP contribution >= 0.6 is 0 Å². The largest absolute Gasteiger partial charge is 0.497 e. The van der Waals surface area contributed by atoms with Gasteiger partial charge >= 0.3 is 0 Å². The van der Waals surface area contributed by atoms with Crippen LogP contribution in [0, 0.1) is 0 Å². The number of nitrogens with zero attached hydrogens (tertiary/aromatic N) is 3. The molecule has 3 aromatic rings. The number of likely N-dealkylation sites (N-methyl/N-ethyl adjacent to an activating group) is 2. The zero-order valence-electron chi connectivity index (χ0n) is 20.5. The summed E-state index contributed by atoms with van der Waals surface area (Å²) in [6.07, 6.45) is 9.34. The lowest BCUT2D eigenvalue weighted by Gasteiger charge is -2.29. The molecule has 7 nitrogen and oxygen atoms in total. The molecule has 1 unspecified atom stereocenters. The lowest BCUT2D eigenvalue weighted by molar-refractivity contribution is -0.124. The molecule has 1 aliphatic heterocycles. The molecule has 0 spiro atoms. The maximum Gasteiger partial charge on any atom is 0.256 e. The van der Waals surface area contributed by atoms with Gasteiger partial charge in [0, 0.05) is 44.5 Å². The smallest absolute Gasteiger partial charge is 0.256 e. The number of aromatic nitrogens is 1. The number of pyridine rings is 1. The second-order valence-corrected chi connectivity index (χ2v) is 8.92. The van der Waals surface area contributed by atoms with Gasteiger partial charge in [0.15, 0.2) is 0 Å². The fourth-order valence-corrected chi connectivity index (χ4v) is 4.52. The number of methoxy groups -OCH3 is 1. The Kier molecular flexibility index (Phi) is 7.65. The third-order valence-electron chi connectivity index (χ3n) is 6.65. The van der Waals surface area contributed by atoms with Crippen LogP contribution in [0.3, 0.4) is 0 Å². The Morgan fingerprint density at radius 1 is 1.20 bits per heavy atom. The van der Waals surface area contributed by atoms with E-state index < -0.39 is 0 Å². The Bertz CT molecular complexity index is 1210. The molecule has 0 saturated carbocycles. The van der Waals surface area contributed by atoms with Gasteiger partial charge < -0.3 is 19.9 Å². The van der Waals surface area contributed by atoms with Crippen LogP contribution in [0.2, 0.25) is 0 Å². The maximum atomic E-state index is 13.6. The lowest BCUT2D eigenvalue weighted by Crippen LogP contribution is -2.44. The van der Waals surface area contributed by atoms with E-state index in [1.807, 2.05) is 67.7 Å². The highest BCUT2D eigenvalue weighted by atomic mass is 16.5. The molecule has 2 aromatic carbocycles. The molecule has 182 valence electrons. The minimum atomic E-state index is -0.166. The van der Waals surface area contributed by atoms with Gasteiger partial charge in [0.25, 0.3) is 5.91 Å². The average molecular weight is 473 g/mol. The van der Waals surface area contributed by atoms with E-state index in [2.05, 4.69) is 22.4 Å². The van der Waals surface area contributed by atoms with Crippen molar-refractivity contribution in [1.29, 1.82) is 0 Å². The summed E-state index contributed by atoms with van der Waals surface area (Å²) >= 11 is 0. The number of hydrogen-bond acceptors (Lipinski definition) is 5. The first-order valence-electron chi connectivity index (χ1n) is 11.9. The molecule has 1 aliphatic rings. The van der Waals surface area contributed by atoms with Crippen LogP contribution in [-0.4, -0.2) is 66.4 Å². The monoisotopic (exact) mass is 472 g/mol. The van der Waals surface area contributed by atoms with Crippen LogP contribution in [0.15, 0.2) is 73.2 Å². The van der Waals surface area contributed by atoms with Crippen molar-refractivity contribution in [3.05, 3.63) is 84.3 Å². The van der Waals surface area contributed by atoms with E-state index in [0.717, 1.165) is 22.1 Å². The molecule has 0 radical (unpaired) electrons. The molecule has 7 heteroatoms. The summed E-state index contributed by atoms with van der Waals surface area (Å²) in [6, 6.07) is 15.5. The minimum absolute atomic E-state index is 0.0112. The average Bonchev–Trinajstić information content (AvgIpc) is 3.33. The maximum absolute atomic E-state index is 13.6. The van der Waals surface area contributed by atoms with Gasteiger partial charge in [-0.2, -0.15) is 0 Å². The van der Waals surface area contributed by atoms with Crippen molar-refractivity contribution in [3.63, 3.8) is 0 Å². The predicted octanol–water partition coefficient (Wildman–Crippen LogP) is 3.65. The summed E-state index contributed by atoms with van der Waals surface area (Å²) in [5.74, 6) is 0.635. The summed E-state index contributed by atoms with van der Waals surface area (Å²) in [5, 5.41) is 4.75. The third-order valence-corrected chi connectivity index (χ3v) is 6.65. The number of carbonyl (C=O) groups is 2. The highest BCUT2D eigenvalue weighted by Gasteiger charge is 2.26. The van der Waals surface area contributed by atoms with Crippen molar-refractivity contribution in [2.45, 2.75) is 31.3 Å². The van der Waals surface area contributed by atoms with Crippen LogP contribution in [0.1, 0.15) is 28.8 Å². The number of nitrogens with one attached hydrogen (secondary N) is 1. The predicted molar refractivity (Wildman–Crippen MR) is 137 cm³/mol. The Morgan fingerprint density at radius 2 is 2.00 bits per heavy atom. The van der Waals surface area contributed by atoms with Crippen molar-refractivity contribution in [1.82, 2.24) is 20.1 Å². The van der Waals surface area contributed by atoms with E-state index in [0.29, 0.717) is 31.4 Å². The Labute approximate surface area is 206 Å². The van der Waals surface area contributed by atoms with Crippen LogP contribution in [0.5, 0.6) is 5.75 Å². The first-order chi connectivity index (χ1) is 17.0. The normalized spacial score (nSPS) is 15.7. The van der Waals surface area contributed by atoms with Crippen LogP contribution in [-0.2, 0) is 11.2 Å². The second-order valence-electron chi connectivity index (χ2n) is 8.92. The van der Waals surface area contributed by atoms with Crippen molar-refractivity contribution < 1.29 is 14.3 Å². The quantitative estimate of drug-likeness (QED) is 0.515. The zero-order valence-corrected chi connectivity index (χ0v) is 20.5. The molecule has 35 heavy (non-hydrogen) atoms. The number of fused-ring (bicyclic) bond motifs is 1. The molecule has 1 aromatic heterocycles. The standard InChI is InChI=1S/C28H32N4O3/c1-31-15-7-10-26(31)27(33)30-14-13-22(16-20-8-5-4-6-9-20)32(2)28(34)25-19-29-18-21-17-23(35-3)11-12-24(21)25/h4-9,11-12,15,17-19,22,26H,10,13-14,16H2,1-3H3,(H,30,33)/t22-,26?/m1/s1. The van der Waals surface area contributed by atoms with E-state index in [9.17, 15) is 9.59 Å². The fraction of sp³-hybridized carbons (Fsp3) is 0.321. The number of ether oxygens (including phenoxy) is 1. The Morgan fingerprint density at radius 3 is 2.71 bits per heavy atom. The van der Waals surface area contributed by atoms with Gasteiger partial charge in [-0.3, -0.25) is 14.6 Å². The molecular formula is C28H32N4O3. The van der Waals surface area contributed by atoms with E-state index in [-0.39, 0.29) is 23.9 Å². The molecule has 4 rings (SSSR count). The summed E-state index contributed by atoms with van der Waals surface area (Å²) in [5.41, 5.74) is 1.69. The van der Waals surface area contributed by atoms with Gasteiger partial charge in [0.1, 0.15) is 11.8 Å². The lowest BCUT2D eigenvalue weighted by atomic mass is 10.00. The number of amides is 2. The SMILES string of the molecule is COc1ccc2c(C(=O)N(C)[C@H](CCNC(=O)C3CC=CN3C)Cc3ccccc3)cncc2c1. The molecule has 2 heterocycles. The molecule has 0 bridgehead atoms. The van der Waals surface area contributed by atoms with Crippen LogP contribution in [0.25, 0.3) is 10.8 Å². The summed E-state index contributed by atoms with van der Waals surface area (Å²) in [4.78, 5) is 34.3. The van der Waals surface area contributed by atoms with E-state index in [1.165, 1.54) is 0 Å². The minimum Gasteiger partial charge on any atom is -0.497 e. The van der Waals surface area contributed by atoms with Gasteiger partial charge in [-0.1, -0.05) is 36.4 Å². The first kappa shape index (κ1) is 24.3. The highest BCUT2D eigenvalue weighted by molar-refractivity contribution is 6.06. The zero-order chi connectivity index (χ0) is 24.8. The molecule has 2 atom stereocenters. The molecular weight excluding hydrogens is 440 g/mol. The second kappa shape index (κ2) is 11.0. The van der Waals surface area contributed by atoms with E-state index >= 15 is 0 Å². The number of hydrogen-bond donors (Lipinski definition) is 1. The topological polar surface area (TPSA) is 74.8 Å². The number of rotatable bonds is 9. The Hall–Kier alpha value is -3.87. The van der Waals surface area contributed by atoms with Crippen molar-refractivity contribution >= 4 is 22.6 Å². The van der Waals surface area contributed by atoms with Gasteiger partial charge in [0.2, 0.25) is 5.91 Å². The summed E-state index contributed by atoms with van der Waals surface area (Å²) in [7, 11) is 5.35. The molecule has 2 amide bonds. The van der Waals surface area contributed by atoms with Crippen molar-refractivity contribution in [2.24, 2.45) is 0 Å². The number of carbonyl (C=O) groups excluding carboxylic acids is 2. The summed E-state index contributed by atoms with van der Waals surface area (Å²) in [6.45, 7) is 0.489. The van der Waals surface area contributed by atoms with Crippen molar-refractivity contribution in [2.75, 3.05) is 27.7 Å². The van der Waals surface area contributed by atoms with Gasteiger partial charge in [0.05, 0.1) is 12.7 Å². The van der Waals surface area contributed by atoms with E-state index in [1.54, 1.807) is 24.4 Å². The molecule has 0 fully saturated rings. The molecule has 0 saturated heterocycles. The van der Waals surface area contributed by atoms with Gasteiger partial charge in [-0.15, -0.1) is 0 Å².